The largest absolute Gasteiger partial charge is 0.497 e. The number of methoxy groups -OCH3 is 2. The fourth-order valence-electron chi connectivity index (χ4n) is 3.70. The van der Waals surface area contributed by atoms with Gasteiger partial charge in [-0.15, -0.1) is 0 Å². The normalized spacial score (nSPS) is 15.5. The first-order valence-electron chi connectivity index (χ1n) is 10.0. The highest BCUT2D eigenvalue weighted by atomic mass is 32.2. The van der Waals surface area contributed by atoms with Crippen LogP contribution in [0.4, 0.5) is 5.69 Å². The Labute approximate surface area is 183 Å². The molecule has 2 aromatic rings. The number of benzene rings is 2. The van der Waals surface area contributed by atoms with Crippen molar-refractivity contribution < 1.29 is 22.7 Å². The van der Waals surface area contributed by atoms with Crippen molar-refractivity contribution in [1.82, 2.24) is 9.80 Å². The van der Waals surface area contributed by atoms with Crippen molar-refractivity contribution >= 4 is 21.5 Å². The lowest BCUT2D eigenvalue weighted by atomic mass is 10.1. The van der Waals surface area contributed by atoms with Crippen LogP contribution in [0.25, 0.3) is 0 Å². The molecule has 1 aliphatic rings. The average molecular weight is 448 g/mol. The number of anilines is 1. The molecule has 9 heteroatoms. The number of likely N-dealkylation sites (N-methyl/N-ethyl adjacent to an activating group) is 1. The summed E-state index contributed by atoms with van der Waals surface area (Å²) < 4.78 is 37.6. The Morgan fingerprint density at radius 3 is 2.23 bits per heavy atom. The highest BCUT2D eigenvalue weighted by molar-refractivity contribution is 7.91. The Kier molecular flexibility index (Phi) is 7.19. The van der Waals surface area contributed by atoms with E-state index in [1.54, 1.807) is 25.2 Å². The zero-order chi connectivity index (χ0) is 22.6. The summed E-state index contributed by atoms with van der Waals surface area (Å²) in [6, 6.07) is 9.38. The Morgan fingerprint density at radius 2 is 1.68 bits per heavy atom. The molecule has 0 amide bonds. The molecular formula is C22H29N3O5S. The Balaban J connectivity index is 2.17. The van der Waals surface area contributed by atoms with Crippen LogP contribution in [0.5, 0.6) is 5.75 Å². The lowest BCUT2D eigenvalue weighted by Gasteiger charge is -2.33. The predicted molar refractivity (Wildman–Crippen MR) is 119 cm³/mol. The summed E-state index contributed by atoms with van der Waals surface area (Å²) >= 11 is 0. The summed E-state index contributed by atoms with van der Waals surface area (Å²) in [4.78, 5) is 17.1. The molecule has 8 nitrogen and oxygen atoms in total. The van der Waals surface area contributed by atoms with E-state index in [1.807, 2.05) is 0 Å². The number of nitrogens with one attached hydrogen (secondary N) is 1. The number of carbonyl (C=O) groups is 1. The Morgan fingerprint density at radius 1 is 1.03 bits per heavy atom. The maximum absolute atomic E-state index is 13.8. The number of carbonyl (C=O) groups excluding carboxylic acids is 1. The number of rotatable bonds is 7. The molecule has 1 aliphatic heterocycles. The van der Waals surface area contributed by atoms with Crippen molar-refractivity contribution in [3.05, 3.63) is 47.5 Å². The van der Waals surface area contributed by atoms with E-state index in [-0.39, 0.29) is 15.4 Å². The molecule has 1 fully saturated rings. The maximum Gasteiger partial charge on any atom is 0.339 e. The Hall–Kier alpha value is -2.62. The molecule has 2 aromatic carbocycles. The number of hydrogen-bond donors (Lipinski definition) is 1. The van der Waals surface area contributed by atoms with E-state index in [0.717, 1.165) is 26.2 Å². The van der Waals surface area contributed by atoms with Crippen molar-refractivity contribution in [2.75, 3.05) is 59.8 Å². The number of sulfone groups is 1. The molecule has 3 rings (SSSR count). The molecule has 0 spiro atoms. The van der Waals surface area contributed by atoms with Crippen LogP contribution in [-0.4, -0.2) is 78.7 Å². The van der Waals surface area contributed by atoms with Crippen molar-refractivity contribution in [2.24, 2.45) is 0 Å². The number of ether oxygens (including phenoxy) is 2. The van der Waals surface area contributed by atoms with Crippen LogP contribution in [0.1, 0.15) is 15.9 Å². The molecule has 168 valence electrons. The number of nitrogens with zero attached hydrogens (tertiary/aromatic N) is 2. The molecule has 0 bridgehead atoms. The minimum absolute atomic E-state index is 0.0182. The first kappa shape index (κ1) is 23.1. The van der Waals surface area contributed by atoms with E-state index in [4.69, 9.17) is 9.47 Å². The van der Waals surface area contributed by atoms with Gasteiger partial charge in [0, 0.05) is 51.0 Å². The van der Waals surface area contributed by atoms with Crippen LogP contribution < -0.4 is 10.1 Å². The fraction of sp³-hybridized carbons (Fsp3) is 0.409. The number of hydrogen-bond acceptors (Lipinski definition) is 8. The van der Waals surface area contributed by atoms with E-state index >= 15 is 0 Å². The third kappa shape index (κ3) is 4.84. The zero-order valence-corrected chi connectivity index (χ0v) is 19.2. The van der Waals surface area contributed by atoms with Crippen molar-refractivity contribution in [1.29, 1.82) is 0 Å². The molecule has 0 unspecified atom stereocenters. The highest BCUT2D eigenvalue weighted by Crippen LogP contribution is 2.34. The first-order chi connectivity index (χ1) is 14.8. The summed E-state index contributed by atoms with van der Waals surface area (Å²) in [7, 11) is 2.56. The van der Waals surface area contributed by atoms with Gasteiger partial charge in [0.15, 0.2) is 0 Å². The standard InChI is InChI=1S/C22H29N3O5S/c1-23-20-10-9-18(22(26)30-4)21(19(20)15-25-13-11-24(2)12-14-25)31(27,28)17-7-5-16(29-3)6-8-17/h5-10,23H,11-15H2,1-4H3. The van der Waals surface area contributed by atoms with Gasteiger partial charge < -0.3 is 19.7 Å². The number of esters is 1. The molecule has 1 saturated heterocycles. The summed E-state index contributed by atoms with van der Waals surface area (Å²) in [5.74, 6) is -0.136. The van der Waals surface area contributed by atoms with E-state index in [9.17, 15) is 13.2 Å². The molecule has 0 atom stereocenters. The first-order valence-corrected chi connectivity index (χ1v) is 11.5. The van der Waals surface area contributed by atoms with Gasteiger partial charge in [0.2, 0.25) is 9.84 Å². The third-order valence-corrected chi connectivity index (χ3v) is 7.45. The SMILES string of the molecule is CNc1ccc(C(=O)OC)c(S(=O)(=O)c2ccc(OC)cc2)c1CN1CCN(C)CC1. The summed E-state index contributed by atoms with van der Waals surface area (Å²) in [5, 5.41) is 3.09. The van der Waals surface area contributed by atoms with Gasteiger partial charge in [-0.1, -0.05) is 0 Å². The smallest absolute Gasteiger partial charge is 0.339 e. The molecule has 0 saturated carbocycles. The molecule has 0 aliphatic carbocycles. The molecular weight excluding hydrogens is 418 g/mol. The van der Waals surface area contributed by atoms with Gasteiger partial charge in [-0.05, 0) is 43.4 Å². The fourth-order valence-corrected chi connectivity index (χ4v) is 5.37. The second kappa shape index (κ2) is 9.67. The quantitative estimate of drug-likeness (QED) is 0.646. The van der Waals surface area contributed by atoms with Crippen molar-refractivity contribution in [3.63, 3.8) is 0 Å². The lowest BCUT2D eigenvalue weighted by Crippen LogP contribution is -2.44. The van der Waals surface area contributed by atoms with Gasteiger partial charge in [0.1, 0.15) is 5.75 Å². The van der Waals surface area contributed by atoms with E-state index in [0.29, 0.717) is 23.5 Å². The topological polar surface area (TPSA) is 88.2 Å². The zero-order valence-electron chi connectivity index (χ0n) is 18.3. The van der Waals surface area contributed by atoms with Gasteiger partial charge in [-0.2, -0.15) is 0 Å². The minimum Gasteiger partial charge on any atom is -0.497 e. The molecule has 1 heterocycles. The second-order valence-electron chi connectivity index (χ2n) is 7.47. The van der Waals surface area contributed by atoms with Crippen molar-refractivity contribution in [2.45, 2.75) is 16.3 Å². The van der Waals surface area contributed by atoms with Gasteiger partial charge in [0.05, 0.1) is 29.6 Å². The van der Waals surface area contributed by atoms with Crippen LogP contribution in [0.3, 0.4) is 0 Å². The minimum atomic E-state index is -4.01. The lowest BCUT2D eigenvalue weighted by molar-refractivity contribution is 0.0595. The molecule has 31 heavy (non-hydrogen) atoms. The van der Waals surface area contributed by atoms with E-state index in [1.165, 1.54) is 32.4 Å². The summed E-state index contributed by atoms with van der Waals surface area (Å²) in [5.41, 5.74) is 1.26. The highest BCUT2D eigenvalue weighted by Gasteiger charge is 2.31. The molecule has 0 radical (unpaired) electrons. The van der Waals surface area contributed by atoms with E-state index < -0.39 is 15.8 Å². The van der Waals surface area contributed by atoms with Crippen LogP contribution in [-0.2, 0) is 21.1 Å². The van der Waals surface area contributed by atoms with Crippen LogP contribution in [0.2, 0.25) is 0 Å². The second-order valence-corrected chi connectivity index (χ2v) is 9.35. The molecule has 1 N–H and O–H groups in total. The third-order valence-electron chi connectivity index (χ3n) is 5.55. The monoisotopic (exact) mass is 447 g/mol. The van der Waals surface area contributed by atoms with Crippen LogP contribution in [0.15, 0.2) is 46.2 Å². The average Bonchev–Trinajstić information content (AvgIpc) is 2.79. The summed E-state index contributed by atoms with van der Waals surface area (Å²) in [6.45, 7) is 3.81. The molecule has 0 aromatic heterocycles. The van der Waals surface area contributed by atoms with Gasteiger partial charge in [-0.25, -0.2) is 13.2 Å². The van der Waals surface area contributed by atoms with E-state index in [2.05, 4.69) is 22.2 Å². The number of piperazine rings is 1. The summed E-state index contributed by atoms with van der Waals surface area (Å²) in [6.07, 6.45) is 0. The van der Waals surface area contributed by atoms with Crippen LogP contribution in [0, 0.1) is 0 Å². The Bertz CT molecular complexity index is 1030. The van der Waals surface area contributed by atoms with Crippen molar-refractivity contribution in [3.8, 4) is 5.75 Å². The maximum atomic E-state index is 13.8. The van der Waals surface area contributed by atoms with Gasteiger partial charge in [0.25, 0.3) is 0 Å². The van der Waals surface area contributed by atoms with Gasteiger partial charge in [-0.3, -0.25) is 4.90 Å². The van der Waals surface area contributed by atoms with Gasteiger partial charge >= 0.3 is 5.97 Å². The van der Waals surface area contributed by atoms with Crippen LogP contribution >= 0.6 is 0 Å². The predicted octanol–water partition coefficient (Wildman–Crippen LogP) is 2.10.